The van der Waals surface area contributed by atoms with Gasteiger partial charge in [0.2, 0.25) is 5.89 Å². The third-order valence-corrected chi connectivity index (χ3v) is 5.56. The average Bonchev–Trinajstić information content (AvgIpc) is 3.21. The lowest BCUT2D eigenvalue weighted by atomic mass is 9.85. The highest BCUT2D eigenvalue weighted by atomic mass is 16.6. The molecular formula is C19H24N4O4. The van der Waals surface area contributed by atoms with Gasteiger partial charge in [-0.3, -0.25) is 4.98 Å². The SMILES string of the molecule is Cc1ccc(OC2CO[C@H]3CN(c4noc(C5CCC5)n4)C[C@@H]3OC2)cn1. The fraction of sp³-hybridized carbons (Fsp3) is 0.632. The Hall–Kier alpha value is -2.19. The summed E-state index contributed by atoms with van der Waals surface area (Å²) in [7, 11) is 0. The highest BCUT2D eigenvalue weighted by Gasteiger charge is 2.40. The monoisotopic (exact) mass is 372 g/mol. The second-order valence-electron chi connectivity index (χ2n) is 7.58. The van der Waals surface area contributed by atoms with E-state index < -0.39 is 0 Å². The Morgan fingerprint density at radius 2 is 1.89 bits per heavy atom. The molecular weight excluding hydrogens is 348 g/mol. The van der Waals surface area contributed by atoms with E-state index in [1.54, 1.807) is 6.20 Å². The smallest absolute Gasteiger partial charge is 0.266 e. The van der Waals surface area contributed by atoms with E-state index in [2.05, 4.69) is 20.0 Å². The van der Waals surface area contributed by atoms with Crippen molar-refractivity contribution in [3.05, 3.63) is 29.9 Å². The fourth-order valence-electron chi connectivity index (χ4n) is 3.70. The maximum absolute atomic E-state index is 6.08. The molecule has 3 aliphatic rings. The topological polar surface area (TPSA) is 82.7 Å². The van der Waals surface area contributed by atoms with Crippen LogP contribution in [0.2, 0.25) is 0 Å². The van der Waals surface area contributed by atoms with Crippen molar-refractivity contribution >= 4 is 5.95 Å². The van der Waals surface area contributed by atoms with Crippen LogP contribution in [-0.4, -0.2) is 59.7 Å². The van der Waals surface area contributed by atoms with E-state index in [-0.39, 0.29) is 18.3 Å². The minimum Gasteiger partial charge on any atom is -0.484 e. The molecule has 144 valence electrons. The van der Waals surface area contributed by atoms with Crippen molar-refractivity contribution in [2.24, 2.45) is 0 Å². The summed E-state index contributed by atoms with van der Waals surface area (Å²) >= 11 is 0. The van der Waals surface area contributed by atoms with Gasteiger partial charge in [0.25, 0.3) is 5.95 Å². The lowest BCUT2D eigenvalue weighted by molar-refractivity contribution is -0.00461. The van der Waals surface area contributed by atoms with Crippen molar-refractivity contribution in [2.75, 3.05) is 31.2 Å². The van der Waals surface area contributed by atoms with Crippen molar-refractivity contribution in [3.8, 4) is 5.75 Å². The Labute approximate surface area is 157 Å². The van der Waals surface area contributed by atoms with Gasteiger partial charge in [0.05, 0.1) is 19.4 Å². The van der Waals surface area contributed by atoms with Crippen molar-refractivity contribution in [1.29, 1.82) is 0 Å². The molecule has 0 spiro atoms. The van der Waals surface area contributed by atoms with Crippen molar-refractivity contribution in [2.45, 2.75) is 50.4 Å². The molecule has 2 aromatic heterocycles. The average molecular weight is 372 g/mol. The van der Waals surface area contributed by atoms with Crippen LogP contribution >= 0.6 is 0 Å². The molecule has 0 radical (unpaired) electrons. The van der Waals surface area contributed by atoms with Crippen LogP contribution in [0.4, 0.5) is 5.95 Å². The van der Waals surface area contributed by atoms with E-state index in [1.807, 2.05) is 19.1 Å². The third kappa shape index (κ3) is 3.51. The van der Waals surface area contributed by atoms with Crippen LogP contribution in [0.15, 0.2) is 22.9 Å². The Balaban J connectivity index is 1.17. The number of nitrogens with zero attached hydrogens (tertiary/aromatic N) is 4. The summed E-state index contributed by atoms with van der Waals surface area (Å²) in [5.41, 5.74) is 0.965. The Bertz CT molecular complexity index is 760. The van der Waals surface area contributed by atoms with Gasteiger partial charge in [0, 0.05) is 24.7 Å². The maximum atomic E-state index is 6.08. The van der Waals surface area contributed by atoms with E-state index in [0.717, 1.165) is 30.2 Å². The van der Waals surface area contributed by atoms with Crippen LogP contribution in [0.1, 0.15) is 36.8 Å². The molecule has 0 bridgehead atoms. The summed E-state index contributed by atoms with van der Waals surface area (Å²) in [5.74, 6) is 2.60. The Morgan fingerprint density at radius 3 is 2.52 bits per heavy atom. The molecule has 1 aliphatic carbocycles. The number of aromatic nitrogens is 3. The largest absolute Gasteiger partial charge is 0.484 e. The van der Waals surface area contributed by atoms with Gasteiger partial charge in [0.15, 0.2) is 0 Å². The zero-order chi connectivity index (χ0) is 18.2. The first-order chi connectivity index (χ1) is 13.2. The molecule has 27 heavy (non-hydrogen) atoms. The fourth-order valence-corrected chi connectivity index (χ4v) is 3.70. The van der Waals surface area contributed by atoms with Crippen molar-refractivity contribution in [3.63, 3.8) is 0 Å². The van der Waals surface area contributed by atoms with Gasteiger partial charge in [-0.1, -0.05) is 6.42 Å². The van der Waals surface area contributed by atoms with Crippen LogP contribution in [0, 0.1) is 6.92 Å². The minimum absolute atomic E-state index is 0.0135. The number of fused-ring (bicyclic) bond motifs is 1. The molecule has 0 aromatic carbocycles. The highest BCUT2D eigenvalue weighted by Crippen LogP contribution is 2.36. The standard InChI is InChI=1S/C19H24N4O4/c1-12-5-6-14(7-20-12)26-15-10-24-16-8-23(9-17(16)25-11-15)19-21-18(27-22-19)13-3-2-4-13/h5-7,13,15-17H,2-4,8-11H2,1H3/t16-,17-/m0/s1. The number of hydrogen-bond donors (Lipinski definition) is 0. The van der Waals surface area contributed by atoms with Gasteiger partial charge in [-0.2, -0.15) is 4.98 Å². The van der Waals surface area contributed by atoms with E-state index in [4.69, 9.17) is 18.7 Å². The number of hydrogen-bond acceptors (Lipinski definition) is 8. The molecule has 1 saturated carbocycles. The normalized spacial score (nSPS) is 26.5. The van der Waals surface area contributed by atoms with E-state index in [0.29, 0.717) is 38.2 Å². The number of aryl methyl sites for hydroxylation is 1. The lowest BCUT2D eigenvalue weighted by Gasteiger charge is -2.20. The van der Waals surface area contributed by atoms with Crippen LogP contribution in [-0.2, 0) is 9.47 Å². The quantitative estimate of drug-likeness (QED) is 0.807. The first kappa shape index (κ1) is 16.9. The maximum Gasteiger partial charge on any atom is 0.266 e. The Morgan fingerprint density at radius 1 is 1.11 bits per heavy atom. The van der Waals surface area contributed by atoms with Gasteiger partial charge in [-0.25, -0.2) is 0 Å². The Kier molecular flexibility index (Phi) is 4.45. The van der Waals surface area contributed by atoms with Gasteiger partial charge < -0.3 is 23.6 Å². The molecule has 8 nitrogen and oxygen atoms in total. The minimum atomic E-state index is -0.135. The third-order valence-electron chi connectivity index (χ3n) is 5.56. The molecule has 2 aliphatic heterocycles. The van der Waals surface area contributed by atoms with Crippen LogP contribution in [0.25, 0.3) is 0 Å². The molecule has 0 amide bonds. The molecule has 8 heteroatoms. The predicted octanol–water partition coefficient (Wildman–Crippen LogP) is 2.09. The van der Waals surface area contributed by atoms with Gasteiger partial charge in [-0.15, -0.1) is 0 Å². The second-order valence-corrected chi connectivity index (χ2v) is 7.58. The van der Waals surface area contributed by atoms with E-state index >= 15 is 0 Å². The molecule has 5 rings (SSSR count). The molecule has 2 aromatic rings. The predicted molar refractivity (Wildman–Crippen MR) is 96.0 cm³/mol. The summed E-state index contributed by atoms with van der Waals surface area (Å²) in [6.07, 6.45) is 5.12. The summed E-state index contributed by atoms with van der Waals surface area (Å²) in [6, 6.07) is 3.86. The van der Waals surface area contributed by atoms with E-state index in [1.165, 1.54) is 6.42 Å². The molecule has 3 fully saturated rings. The summed E-state index contributed by atoms with van der Waals surface area (Å²) in [6.45, 7) is 4.33. The van der Waals surface area contributed by atoms with Gasteiger partial charge >= 0.3 is 0 Å². The van der Waals surface area contributed by atoms with Crippen molar-refractivity contribution in [1.82, 2.24) is 15.1 Å². The number of ether oxygens (including phenoxy) is 3. The van der Waals surface area contributed by atoms with E-state index in [9.17, 15) is 0 Å². The number of anilines is 1. The molecule has 2 saturated heterocycles. The summed E-state index contributed by atoms with van der Waals surface area (Å²) in [4.78, 5) is 10.9. The van der Waals surface area contributed by atoms with Crippen LogP contribution in [0.3, 0.4) is 0 Å². The first-order valence-corrected chi connectivity index (χ1v) is 9.65. The number of rotatable bonds is 4. The van der Waals surface area contributed by atoms with Gasteiger partial charge in [-0.05, 0) is 37.1 Å². The van der Waals surface area contributed by atoms with Crippen LogP contribution in [0.5, 0.6) is 5.75 Å². The molecule has 0 unspecified atom stereocenters. The molecule has 0 N–H and O–H groups in total. The zero-order valence-corrected chi connectivity index (χ0v) is 15.4. The second kappa shape index (κ2) is 7.09. The summed E-state index contributed by atoms with van der Waals surface area (Å²) in [5, 5.41) is 4.16. The van der Waals surface area contributed by atoms with Crippen LogP contribution < -0.4 is 9.64 Å². The van der Waals surface area contributed by atoms with Gasteiger partial charge in [0.1, 0.15) is 24.1 Å². The van der Waals surface area contributed by atoms with Crippen molar-refractivity contribution < 1.29 is 18.7 Å². The highest BCUT2D eigenvalue weighted by molar-refractivity contribution is 5.32. The first-order valence-electron chi connectivity index (χ1n) is 9.65. The summed E-state index contributed by atoms with van der Waals surface area (Å²) < 4.78 is 23.5. The zero-order valence-electron chi connectivity index (χ0n) is 15.4. The number of pyridine rings is 1. The molecule has 2 atom stereocenters. The lowest BCUT2D eigenvalue weighted by Crippen LogP contribution is -2.30. The molecule has 4 heterocycles.